The molecule has 0 bridgehead atoms. The molecule has 130 valence electrons. The van der Waals surface area contributed by atoms with Crippen molar-refractivity contribution < 1.29 is 4.74 Å². The summed E-state index contributed by atoms with van der Waals surface area (Å²) in [6.07, 6.45) is 5.77. The van der Waals surface area contributed by atoms with E-state index in [4.69, 9.17) is 33.7 Å². The van der Waals surface area contributed by atoms with E-state index in [1.807, 2.05) is 28.9 Å². The molecule has 25 heavy (non-hydrogen) atoms. The van der Waals surface area contributed by atoms with E-state index in [9.17, 15) is 0 Å². The fourth-order valence-corrected chi connectivity index (χ4v) is 3.86. The minimum Gasteiger partial charge on any atom is -0.378 e. The van der Waals surface area contributed by atoms with Crippen LogP contribution in [0.5, 0.6) is 0 Å². The standard InChI is InChI=1S/C18H18Cl2N4O/c19-12-1-2-13(16(20)9-12)15-11-24-4-3-22-18(24)17(14(15)10-21)23-5-7-25-8-6-23/h1-4,9,11H,5-8,10,21H2. The van der Waals surface area contributed by atoms with Gasteiger partial charge in [-0.2, -0.15) is 0 Å². The van der Waals surface area contributed by atoms with Gasteiger partial charge in [0.05, 0.1) is 18.9 Å². The Morgan fingerprint density at radius 3 is 2.68 bits per heavy atom. The second-order valence-corrected chi connectivity index (χ2v) is 6.80. The summed E-state index contributed by atoms with van der Waals surface area (Å²) in [5, 5.41) is 1.22. The predicted molar refractivity (Wildman–Crippen MR) is 102 cm³/mol. The fourth-order valence-electron chi connectivity index (χ4n) is 3.35. The molecule has 2 N–H and O–H groups in total. The van der Waals surface area contributed by atoms with Gasteiger partial charge in [-0.3, -0.25) is 0 Å². The monoisotopic (exact) mass is 376 g/mol. The molecule has 1 aliphatic heterocycles. The van der Waals surface area contributed by atoms with E-state index in [1.165, 1.54) is 0 Å². The summed E-state index contributed by atoms with van der Waals surface area (Å²) >= 11 is 12.5. The number of pyridine rings is 1. The average molecular weight is 377 g/mol. The van der Waals surface area contributed by atoms with E-state index in [0.717, 1.165) is 41.1 Å². The van der Waals surface area contributed by atoms with E-state index < -0.39 is 0 Å². The highest BCUT2D eigenvalue weighted by Gasteiger charge is 2.22. The Balaban J connectivity index is 1.98. The quantitative estimate of drug-likeness (QED) is 0.758. The van der Waals surface area contributed by atoms with Crippen molar-refractivity contribution in [3.63, 3.8) is 0 Å². The molecule has 0 radical (unpaired) electrons. The number of morpholine rings is 1. The van der Waals surface area contributed by atoms with Gasteiger partial charge in [0.15, 0.2) is 5.65 Å². The Hall–Kier alpha value is -1.79. The van der Waals surface area contributed by atoms with Crippen molar-refractivity contribution in [2.45, 2.75) is 6.54 Å². The van der Waals surface area contributed by atoms with Gasteiger partial charge in [0.2, 0.25) is 0 Å². The third kappa shape index (κ3) is 2.98. The van der Waals surface area contributed by atoms with Crippen LogP contribution in [0.15, 0.2) is 36.8 Å². The van der Waals surface area contributed by atoms with Crippen molar-refractivity contribution in [2.24, 2.45) is 5.73 Å². The molecule has 1 aromatic carbocycles. The van der Waals surface area contributed by atoms with Gasteiger partial charge in [-0.1, -0.05) is 29.3 Å². The van der Waals surface area contributed by atoms with Crippen molar-refractivity contribution in [3.8, 4) is 11.1 Å². The van der Waals surface area contributed by atoms with Crippen molar-refractivity contribution in [1.82, 2.24) is 9.38 Å². The van der Waals surface area contributed by atoms with Crippen molar-refractivity contribution in [3.05, 3.63) is 52.4 Å². The van der Waals surface area contributed by atoms with Gasteiger partial charge in [0.25, 0.3) is 0 Å². The molecule has 1 aliphatic rings. The number of nitrogens with zero attached hydrogens (tertiary/aromatic N) is 3. The molecule has 3 aromatic rings. The number of imidazole rings is 1. The molecule has 0 unspecified atom stereocenters. The topological polar surface area (TPSA) is 55.8 Å². The van der Waals surface area contributed by atoms with Crippen molar-refractivity contribution in [1.29, 1.82) is 0 Å². The van der Waals surface area contributed by atoms with Crippen molar-refractivity contribution >= 4 is 34.5 Å². The van der Waals surface area contributed by atoms with E-state index >= 15 is 0 Å². The molecular formula is C18H18Cl2N4O. The average Bonchev–Trinajstić information content (AvgIpc) is 3.09. The zero-order chi connectivity index (χ0) is 17.4. The summed E-state index contributed by atoms with van der Waals surface area (Å²) in [5.41, 5.74) is 11.1. The number of anilines is 1. The lowest BCUT2D eigenvalue weighted by Gasteiger charge is -2.31. The molecule has 0 atom stereocenters. The lowest BCUT2D eigenvalue weighted by molar-refractivity contribution is 0.122. The largest absolute Gasteiger partial charge is 0.378 e. The fraction of sp³-hybridized carbons (Fsp3) is 0.278. The molecule has 0 amide bonds. The predicted octanol–water partition coefficient (Wildman–Crippen LogP) is 3.60. The SMILES string of the molecule is NCc1c(-c2ccc(Cl)cc2Cl)cn2ccnc2c1N1CCOCC1. The minimum absolute atomic E-state index is 0.393. The summed E-state index contributed by atoms with van der Waals surface area (Å²) in [5.74, 6) is 0. The second kappa shape index (κ2) is 6.84. The third-order valence-corrected chi connectivity index (χ3v) is 5.06. The second-order valence-electron chi connectivity index (χ2n) is 5.96. The van der Waals surface area contributed by atoms with Gasteiger partial charge < -0.3 is 19.8 Å². The molecule has 0 aliphatic carbocycles. The number of hydrogen-bond donors (Lipinski definition) is 1. The lowest BCUT2D eigenvalue weighted by atomic mass is 9.99. The van der Waals surface area contributed by atoms with Gasteiger partial charge in [-0.05, 0) is 12.1 Å². The number of benzene rings is 1. The van der Waals surface area contributed by atoms with Crippen LogP contribution in [0.1, 0.15) is 5.56 Å². The molecule has 3 heterocycles. The normalized spacial score (nSPS) is 15.1. The van der Waals surface area contributed by atoms with Crippen LogP contribution in [0.2, 0.25) is 10.0 Å². The first kappa shape index (κ1) is 16.7. The Kier molecular flexibility index (Phi) is 4.56. The molecule has 2 aromatic heterocycles. The zero-order valence-electron chi connectivity index (χ0n) is 13.6. The summed E-state index contributed by atoms with van der Waals surface area (Å²) in [7, 11) is 0. The van der Waals surface area contributed by atoms with Crippen LogP contribution in [0.25, 0.3) is 16.8 Å². The smallest absolute Gasteiger partial charge is 0.160 e. The first-order chi connectivity index (χ1) is 12.2. The van der Waals surface area contributed by atoms with Crippen LogP contribution in [0.4, 0.5) is 5.69 Å². The first-order valence-electron chi connectivity index (χ1n) is 8.16. The highest BCUT2D eigenvalue weighted by molar-refractivity contribution is 6.36. The number of halogens is 2. The van der Waals surface area contributed by atoms with Crippen LogP contribution < -0.4 is 10.6 Å². The third-order valence-electron chi connectivity index (χ3n) is 4.51. The maximum atomic E-state index is 6.47. The molecule has 0 saturated carbocycles. The van der Waals surface area contributed by atoms with Gasteiger partial charge in [0, 0.05) is 65.0 Å². The Morgan fingerprint density at radius 2 is 1.96 bits per heavy atom. The van der Waals surface area contributed by atoms with Gasteiger partial charge in [0.1, 0.15) is 0 Å². The van der Waals surface area contributed by atoms with E-state index in [0.29, 0.717) is 29.8 Å². The highest BCUT2D eigenvalue weighted by atomic mass is 35.5. The molecule has 7 heteroatoms. The summed E-state index contributed by atoms with van der Waals surface area (Å²) < 4.78 is 7.52. The van der Waals surface area contributed by atoms with E-state index in [1.54, 1.807) is 12.3 Å². The summed E-state index contributed by atoms with van der Waals surface area (Å²) in [6, 6.07) is 5.53. The Morgan fingerprint density at radius 1 is 1.16 bits per heavy atom. The number of fused-ring (bicyclic) bond motifs is 1. The van der Waals surface area contributed by atoms with Crippen LogP contribution in [-0.2, 0) is 11.3 Å². The van der Waals surface area contributed by atoms with E-state index in [-0.39, 0.29) is 0 Å². The molecule has 0 spiro atoms. The van der Waals surface area contributed by atoms with Crippen LogP contribution in [0.3, 0.4) is 0 Å². The number of nitrogens with two attached hydrogens (primary N) is 1. The van der Waals surface area contributed by atoms with Gasteiger partial charge in [-0.25, -0.2) is 4.98 Å². The van der Waals surface area contributed by atoms with Crippen LogP contribution in [-0.4, -0.2) is 35.7 Å². The van der Waals surface area contributed by atoms with E-state index in [2.05, 4.69) is 9.88 Å². The summed E-state index contributed by atoms with van der Waals surface area (Å²) in [6.45, 7) is 3.41. The molecule has 4 rings (SSSR count). The van der Waals surface area contributed by atoms with Crippen LogP contribution >= 0.6 is 23.2 Å². The number of ether oxygens (including phenoxy) is 1. The summed E-state index contributed by atoms with van der Waals surface area (Å²) in [4.78, 5) is 6.84. The number of hydrogen-bond acceptors (Lipinski definition) is 4. The Labute approximate surface area is 155 Å². The van der Waals surface area contributed by atoms with Gasteiger partial charge in [-0.15, -0.1) is 0 Å². The lowest BCUT2D eigenvalue weighted by Crippen LogP contribution is -2.37. The molecule has 1 fully saturated rings. The van der Waals surface area contributed by atoms with Gasteiger partial charge >= 0.3 is 0 Å². The molecular weight excluding hydrogens is 359 g/mol. The van der Waals surface area contributed by atoms with Crippen molar-refractivity contribution in [2.75, 3.05) is 31.2 Å². The maximum Gasteiger partial charge on any atom is 0.160 e. The molecule has 5 nitrogen and oxygen atoms in total. The Bertz CT molecular complexity index is 919. The number of aromatic nitrogens is 2. The zero-order valence-corrected chi connectivity index (χ0v) is 15.1. The highest BCUT2D eigenvalue weighted by Crippen LogP contribution is 2.38. The van der Waals surface area contributed by atoms with Crippen LogP contribution in [0, 0.1) is 0 Å². The number of rotatable bonds is 3. The first-order valence-corrected chi connectivity index (χ1v) is 8.91. The maximum absolute atomic E-state index is 6.47. The molecule has 1 saturated heterocycles. The minimum atomic E-state index is 0.393.